The van der Waals surface area contributed by atoms with Crippen LogP contribution in [0.2, 0.25) is 10.0 Å². The Morgan fingerprint density at radius 1 is 1.18 bits per heavy atom. The Morgan fingerprint density at radius 3 is 2.50 bits per heavy atom. The average Bonchev–Trinajstić information content (AvgIpc) is 2.49. The summed E-state index contributed by atoms with van der Waals surface area (Å²) in [4.78, 5) is 0. The van der Waals surface area contributed by atoms with Crippen molar-refractivity contribution in [1.82, 2.24) is 0 Å². The van der Waals surface area contributed by atoms with Crippen LogP contribution in [-0.4, -0.2) is 6.79 Å². The number of hydrogen-bond donors (Lipinski definition) is 1. The van der Waals surface area contributed by atoms with Gasteiger partial charge < -0.3 is 9.47 Å². The molecule has 0 aliphatic rings. The lowest BCUT2D eigenvalue weighted by molar-refractivity contribution is 0.119. The van der Waals surface area contributed by atoms with E-state index in [-0.39, 0.29) is 17.6 Å². The molecule has 0 amide bonds. The summed E-state index contributed by atoms with van der Waals surface area (Å²) in [7, 11) is -2.16. The van der Waals surface area contributed by atoms with Gasteiger partial charge in [-0.15, -0.1) is 0 Å². The van der Waals surface area contributed by atoms with Gasteiger partial charge in [0.25, 0.3) is 0 Å². The highest BCUT2D eigenvalue weighted by Gasteiger charge is 2.23. The Kier molecular flexibility index (Phi) is 6.89. The number of rotatable bonds is 6. The maximum atomic E-state index is 11.1. The fourth-order valence-corrected chi connectivity index (χ4v) is 3.31. The van der Waals surface area contributed by atoms with E-state index in [1.54, 1.807) is 12.1 Å². The van der Waals surface area contributed by atoms with Crippen molar-refractivity contribution in [3.63, 3.8) is 0 Å². The van der Waals surface area contributed by atoms with Gasteiger partial charge >= 0.3 is 7.23 Å². The maximum Gasteiger partial charge on any atom is 0.631 e. The van der Waals surface area contributed by atoms with E-state index in [9.17, 15) is 4.57 Å². The number of ether oxygens (including phenoxy) is 2. The number of thiol groups is 1. The third kappa shape index (κ3) is 4.80. The first-order chi connectivity index (χ1) is 10.5. The van der Waals surface area contributed by atoms with Crippen molar-refractivity contribution >= 4 is 65.3 Å². The molecule has 0 heterocycles. The molecule has 0 N–H and O–H groups in total. The third-order valence-corrected chi connectivity index (χ3v) is 5.07. The molecular weight excluding hydrogens is 481 g/mol. The van der Waals surface area contributed by atoms with E-state index in [2.05, 4.69) is 12.2 Å². The lowest BCUT2D eigenvalue weighted by Gasteiger charge is -2.13. The molecule has 9 heteroatoms. The van der Waals surface area contributed by atoms with Crippen LogP contribution in [0.1, 0.15) is 0 Å². The second-order valence-electron chi connectivity index (χ2n) is 3.86. The van der Waals surface area contributed by atoms with Gasteiger partial charge in [-0.05, 0) is 39.3 Å². The fourth-order valence-electron chi connectivity index (χ4n) is 1.51. The van der Waals surface area contributed by atoms with Crippen molar-refractivity contribution in [1.29, 1.82) is 0 Å². The van der Waals surface area contributed by atoms with Crippen molar-refractivity contribution in [2.45, 2.75) is 0 Å². The highest BCUT2D eigenvalue weighted by Crippen LogP contribution is 2.45. The van der Waals surface area contributed by atoms with Gasteiger partial charge in [-0.25, -0.2) is 4.52 Å². The minimum atomic E-state index is -2.16. The van der Waals surface area contributed by atoms with Gasteiger partial charge in [0.05, 0.1) is 8.59 Å². The summed E-state index contributed by atoms with van der Waals surface area (Å²) in [5.74, 6) is 1.09. The summed E-state index contributed by atoms with van der Waals surface area (Å²) in [5, 5.41) is 0.516. The zero-order chi connectivity index (χ0) is 16.1. The van der Waals surface area contributed by atoms with Gasteiger partial charge in [0.15, 0.2) is 18.0 Å². The van der Waals surface area contributed by atoms with Gasteiger partial charge in [-0.1, -0.05) is 41.4 Å². The summed E-state index contributed by atoms with van der Waals surface area (Å²) in [6, 6.07) is 10.6. The molecular formula is C13H9Cl2IO4PS+. The molecule has 1 atom stereocenters. The SMILES string of the molecule is O=[P+](S)Oc1cc(Cl)c(I)c(OCOc2ccccc2)c1Cl. The van der Waals surface area contributed by atoms with E-state index in [1.807, 2.05) is 40.8 Å². The van der Waals surface area contributed by atoms with Crippen LogP contribution in [0.15, 0.2) is 36.4 Å². The molecule has 116 valence electrons. The van der Waals surface area contributed by atoms with E-state index in [4.69, 9.17) is 37.2 Å². The van der Waals surface area contributed by atoms with Crippen LogP contribution in [0, 0.1) is 3.57 Å². The number of benzene rings is 2. The first kappa shape index (κ1) is 17.9. The van der Waals surface area contributed by atoms with Crippen molar-refractivity contribution in [2.24, 2.45) is 0 Å². The maximum absolute atomic E-state index is 11.1. The van der Waals surface area contributed by atoms with E-state index >= 15 is 0 Å². The van der Waals surface area contributed by atoms with E-state index in [0.29, 0.717) is 20.1 Å². The molecule has 1 unspecified atom stereocenters. The average molecular weight is 490 g/mol. The Morgan fingerprint density at radius 2 is 1.86 bits per heavy atom. The van der Waals surface area contributed by atoms with E-state index in [0.717, 1.165) is 0 Å². The zero-order valence-electron chi connectivity index (χ0n) is 10.8. The molecule has 0 saturated carbocycles. The normalized spacial score (nSPS) is 11.0. The summed E-state index contributed by atoms with van der Waals surface area (Å²) >= 11 is 17.9. The summed E-state index contributed by atoms with van der Waals surface area (Å²) in [6.45, 7) is -0.0630. The summed E-state index contributed by atoms with van der Waals surface area (Å²) < 4.78 is 27.7. The van der Waals surface area contributed by atoms with Crippen molar-refractivity contribution in [3.05, 3.63) is 50.0 Å². The molecule has 0 radical (unpaired) electrons. The molecule has 2 aromatic rings. The Bertz CT molecular complexity index is 687. The van der Waals surface area contributed by atoms with Gasteiger partial charge in [-0.2, -0.15) is 0 Å². The predicted molar refractivity (Wildman–Crippen MR) is 99.0 cm³/mol. The van der Waals surface area contributed by atoms with Crippen LogP contribution < -0.4 is 14.0 Å². The predicted octanol–water partition coefficient (Wildman–Crippen LogP) is 5.98. The van der Waals surface area contributed by atoms with Gasteiger partial charge in [0.2, 0.25) is 12.5 Å². The van der Waals surface area contributed by atoms with Crippen LogP contribution in [0.4, 0.5) is 0 Å². The zero-order valence-corrected chi connectivity index (χ0v) is 16.3. The standard InChI is InChI=1S/C13H8Cl2IO4PS/c14-9-6-10(20-21(17)22)11(15)13(12(9)16)19-7-18-8-4-2-1-3-5-8/h1-6H,7H2/p+1. The number of hydrogen-bond acceptors (Lipinski definition) is 4. The Labute approximate surface area is 157 Å². The molecule has 0 aliphatic carbocycles. The number of para-hydroxylation sites is 1. The smallest absolute Gasteiger partial charge is 0.458 e. The summed E-state index contributed by atoms with van der Waals surface area (Å²) in [5.41, 5.74) is 0. The molecule has 0 fully saturated rings. The Balaban J connectivity index is 2.15. The third-order valence-electron chi connectivity index (χ3n) is 2.43. The second kappa shape index (κ2) is 8.45. The molecule has 0 bridgehead atoms. The molecule has 0 aromatic heterocycles. The first-order valence-corrected chi connectivity index (χ1v) is 9.97. The molecule has 22 heavy (non-hydrogen) atoms. The quantitative estimate of drug-likeness (QED) is 0.178. The van der Waals surface area contributed by atoms with Crippen LogP contribution in [0.3, 0.4) is 0 Å². The van der Waals surface area contributed by atoms with Crippen LogP contribution >= 0.6 is 65.3 Å². The first-order valence-electron chi connectivity index (χ1n) is 5.81. The largest absolute Gasteiger partial charge is 0.631 e. The van der Waals surface area contributed by atoms with Crippen LogP contribution in [0.5, 0.6) is 17.2 Å². The topological polar surface area (TPSA) is 44.8 Å². The van der Waals surface area contributed by atoms with Crippen molar-refractivity contribution < 1.29 is 18.6 Å². The van der Waals surface area contributed by atoms with E-state index < -0.39 is 7.23 Å². The van der Waals surface area contributed by atoms with Gasteiger partial charge in [0.1, 0.15) is 10.8 Å². The highest BCUT2D eigenvalue weighted by molar-refractivity contribution is 14.1. The van der Waals surface area contributed by atoms with Gasteiger partial charge in [-0.3, -0.25) is 0 Å². The monoisotopic (exact) mass is 489 g/mol. The highest BCUT2D eigenvalue weighted by atomic mass is 127. The lowest BCUT2D eigenvalue weighted by Crippen LogP contribution is -2.07. The van der Waals surface area contributed by atoms with E-state index in [1.165, 1.54) is 6.07 Å². The molecule has 0 saturated heterocycles. The second-order valence-corrected chi connectivity index (χ2v) is 7.36. The summed E-state index contributed by atoms with van der Waals surface area (Å²) in [6.07, 6.45) is 0. The van der Waals surface area contributed by atoms with Gasteiger partial charge in [0, 0.05) is 6.07 Å². The van der Waals surface area contributed by atoms with Crippen LogP contribution in [-0.2, 0) is 4.57 Å². The minimum Gasteiger partial charge on any atom is -0.458 e. The van der Waals surface area contributed by atoms with Crippen molar-refractivity contribution in [3.8, 4) is 17.2 Å². The Hall–Kier alpha value is -0.400. The van der Waals surface area contributed by atoms with Crippen molar-refractivity contribution in [2.75, 3.05) is 6.79 Å². The molecule has 2 rings (SSSR count). The number of halogens is 3. The lowest BCUT2D eigenvalue weighted by atomic mass is 10.3. The fraction of sp³-hybridized carbons (Fsp3) is 0.0769. The minimum absolute atomic E-state index is 0.0630. The van der Waals surface area contributed by atoms with Crippen LogP contribution in [0.25, 0.3) is 0 Å². The molecule has 0 aliphatic heterocycles. The molecule has 4 nitrogen and oxygen atoms in total. The molecule has 0 spiro atoms. The molecule has 2 aromatic carbocycles.